The van der Waals surface area contributed by atoms with Crippen LogP contribution < -0.4 is 10.6 Å². The van der Waals surface area contributed by atoms with Gasteiger partial charge in [-0.25, -0.2) is 4.79 Å². The van der Waals surface area contributed by atoms with Gasteiger partial charge in [0.15, 0.2) is 0 Å². The molecule has 26 heavy (non-hydrogen) atoms. The molecule has 0 saturated carbocycles. The van der Waals surface area contributed by atoms with E-state index in [1.165, 1.54) is 6.07 Å². The molecule has 0 radical (unpaired) electrons. The molecule has 1 aromatic rings. The Kier molecular flexibility index (Phi) is 5.70. The van der Waals surface area contributed by atoms with Crippen LogP contribution in [0.5, 0.6) is 0 Å². The van der Waals surface area contributed by atoms with Crippen molar-refractivity contribution in [3.63, 3.8) is 0 Å². The summed E-state index contributed by atoms with van der Waals surface area (Å²) in [6.07, 6.45) is -6.92. The highest BCUT2D eigenvalue weighted by molar-refractivity contribution is 5.96. The van der Waals surface area contributed by atoms with Gasteiger partial charge in [0.25, 0.3) is 5.91 Å². The Morgan fingerprint density at radius 3 is 2.50 bits per heavy atom. The minimum Gasteiger partial charge on any atom is -0.465 e. The number of aliphatic hydroxyl groups excluding tert-OH is 1. The highest BCUT2D eigenvalue weighted by Crippen LogP contribution is 2.29. The van der Waals surface area contributed by atoms with Crippen LogP contribution in [0.2, 0.25) is 0 Å². The maximum Gasteiger partial charge on any atom is 0.416 e. The molecule has 0 bridgehead atoms. The van der Waals surface area contributed by atoms with Crippen molar-refractivity contribution in [1.82, 2.24) is 15.5 Å². The number of carboxylic acid groups (broad SMARTS) is 1. The van der Waals surface area contributed by atoms with Crippen molar-refractivity contribution >= 4 is 17.9 Å². The summed E-state index contributed by atoms with van der Waals surface area (Å²) in [4.78, 5) is 35.4. The topological polar surface area (TPSA) is 119 Å². The van der Waals surface area contributed by atoms with Crippen molar-refractivity contribution in [2.75, 3.05) is 19.6 Å². The summed E-state index contributed by atoms with van der Waals surface area (Å²) in [5, 5.41) is 23.1. The Balaban J connectivity index is 1.88. The fourth-order valence-electron chi connectivity index (χ4n) is 2.44. The molecule has 0 aliphatic carbocycles. The lowest BCUT2D eigenvalue weighted by atomic mass is 10.1. The number of alkyl halides is 3. The standard InChI is InChI=1S/C15H16F3N3O5/c16-15(17,18)9-3-1-2-8(4-9)13(24)19-5-12(23)20-10-6-21(14(25)26)7-11(10)22/h1-4,10-11,22H,5-7H2,(H,19,24)(H,20,23)(H,25,26)/t10-,11-/m0/s1. The van der Waals surface area contributed by atoms with E-state index in [4.69, 9.17) is 5.11 Å². The van der Waals surface area contributed by atoms with Crippen molar-refractivity contribution in [2.24, 2.45) is 0 Å². The number of hydrogen-bond acceptors (Lipinski definition) is 4. The predicted molar refractivity (Wildman–Crippen MR) is 81.3 cm³/mol. The number of benzene rings is 1. The molecular formula is C15H16F3N3O5. The summed E-state index contributed by atoms with van der Waals surface area (Å²) in [5.41, 5.74) is -1.25. The number of rotatable bonds is 4. The molecule has 1 aromatic carbocycles. The smallest absolute Gasteiger partial charge is 0.416 e. The van der Waals surface area contributed by atoms with E-state index in [1.54, 1.807) is 0 Å². The van der Waals surface area contributed by atoms with Gasteiger partial charge in [-0.15, -0.1) is 0 Å². The number of amides is 3. The quantitative estimate of drug-likeness (QED) is 0.603. The third-order valence-corrected chi connectivity index (χ3v) is 3.77. The summed E-state index contributed by atoms with van der Waals surface area (Å²) < 4.78 is 37.9. The van der Waals surface area contributed by atoms with Crippen LogP contribution in [0.4, 0.5) is 18.0 Å². The summed E-state index contributed by atoms with van der Waals surface area (Å²) >= 11 is 0. The van der Waals surface area contributed by atoms with Crippen LogP contribution >= 0.6 is 0 Å². The molecule has 0 aromatic heterocycles. The largest absolute Gasteiger partial charge is 0.465 e. The number of hydrogen-bond donors (Lipinski definition) is 4. The molecule has 1 fully saturated rings. The molecule has 0 unspecified atom stereocenters. The normalized spacial score (nSPS) is 19.9. The summed E-state index contributed by atoms with van der Waals surface area (Å²) in [6, 6.07) is 2.91. The highest BCUT2D eigenvalue weighted by atomic mass is 19.4. The Labute approximate surface area is 145 Å². The van der Waals surface area contributed by atoms with E-state index in [9.17, 15) is 32.7 Å². The van der Waals surface area contributed by atoms with Crippen LogP contribution in [-0.2, 0) is 11.0 Å². The van der Waals surface area contributed by atoms with Gasteiger partial charge in [-0.2, -0.15) is 13.2 Å². The maximum absolute atomic E-state index is 12.6. The number of β-amino-alcohol motifs (C(OH)–C–C–N with tert-alkyl or cyclic N) is 1. The number of aliphatic hydroxyl groups is 1. The number of carbonyl (C=O) groups excluding carboxylic acids is 2. The SMILES string of the molecule is O=C(CNC(=O)c1cccc(C(F)(F)F)c1)N[C@H]1CN(C(=O)O)C[C@@H]1O. The average molecular weight is 375 g/mol. The van der Waals surface area contributed by atoms with E-state index in [-0.39, 0.29) is 18.7 Å². The van der Waals surface area contributed by atoms with Crippen molar-refractivity contribution in [3.05, 3.63) is 35.4 Å². The molecule has 0 spiro atoms. The molecule has 1 saturated heterocycles. The molecule has 2 rings (SSSR count). The lowest BCUT2D eigenvalue weighted by molar-refractivity contribution is -0.137. The van der Waals surface area contributed by atoms with Gasteiger partial charge < -0.3 is 25.7 Å². The Hall–Kier alpha value is -2.82. The lowest BCUT2D eigenvalue weighted by Gasteiger charge is -2.16. The van der Waals surface area contributed by atoms with Gasteiger partial charge in [-0.1, -0.05) is 6.07 Å². The molecule has 3 amide bonds. The lowest BCUT2D eigenvalue weighted by Crippen LogP contribution is -2.47. The van der Waals surface area contributed by atoms with Gasteiger partial charge in [0.05, 0.1) is 30.8 Å². The van der Waals surface area contributed by atoms with E-state index < -0.39 is 48.3 Å². The highest BCUT2D eigenvalue weighted by Gasteiger charge is 2.35. The van der Waals surface area contributed by atoms with Crippen molar-refractivity contribution < 1.29 is 37.8 Å². The second-order valence-corrected chi connectivity index (χ2v) is 5.69. The molecule has 2 atom stereocenters. The Morgan fingerprint density at radius 2 is 1.92 bits per heavy atom. The molecule has 4 N–H and O–H groups in total. The van der Waals surface area contributed by atoms with Crippen LogP contribution in [-0.4, -0.2) is 64.8 Å². The van der Waals surface area contributed by atoms with E-state index in [0.717, 1.165) is 17.0 Å². The molecule has 8 nitrogen and oxygen atoms in total. The first-order chi connectivity index (χ1) is 12.1. The van der Waals surface area contributed by atoms with E-state index in [1.807, 2.05) is 0 Å². The fourth-order valence-corrected chi connectivity index (χ4v) is 2.44. The third kappa shape index (κ3) is 4.85. The van der Waals surface area contributed by atoms with E-state index >= 15 is 0 Å². The van der Waals surface area contributed by atoms with Crippen molar-refractivity contribution in [3.8, 4) is 0 Å². The van der Waals surface area contributed by atoms with Crippen molar-refractivity contribution in [2.45, 2.75) is 18.3 Å². The van der Waals surface area contributed by atoms with Crippen molar-refractivity contribution in [1.29, 1.82) is 0 Å². The number of nitrogens with zero attached hydrogens (tertiary/aromatic N) is 1. The maximum atomic E-state index is 12.6. The first-order valence-corrected chi connectivity index (χ1v) is 7.48. The second-order valence-electron chi connectivity index (χ2n) is 5.69. The second kappa shape index (κ2) is 7.60. The average Bonchev–Trinajstić information content (AvgIpc) is 2.93. The minimum atomic E-state index is -4.59. The number of carbonyl (C=O) groups is 3. The first kappa shape index (κ1) is 19.5. The van der Waals surface area contributed by atoms with Crippen LogP contribution in [0.1, 0.15) is 15.9 Å². The summed E-state index contributed by atoms with van der Waals surface area (Å²) in [7, 11) is 0. The van der Waals surface area contributed by atoms with Crippen LogP contribution in [0.25, 0.3) is 0 Å². The van der Waals surface area contributed by atoms with Crippen LogP contribution in [0.3, 0.4) is 0 Å². The Bertz CT molecular complexity index is 710. The van der Waals surface area contributed by atoms with Gasteiger partial charge in [0.1, 0.15) is 0 Å². The fraction of sp³-hybridized carbons (Fsp3) is 0.400. The molecule has 1 heterocycles. The summed E-state index contributed by atoms with van der Waals surface area (Å²) in [6.45, 7) is -0.800. The predicted octanol–water partition coefficient (Wildman–Crippen LogP) is 0.275. The molecule has 1 aliphatic rings. The monoisotopic (exact) mass is 375 g/mol. The molecular weight excluding hydrogens is 359 g/mol. The zero-order valence-corrected chi connectivity index (χ0v) is 13.3. The van der Waals surface area contributed by atoms with Gasteiger partial charge in [-0.3, -0.25) is 9.59 Å². The summed E-state index contributed by atoms with van der Waals surface area (Å²) in [5.74, 6) is -1.58. The zero-order valence-electron chi connectivity index (χ0n) is 13.3. The minimum absolute atomic E-state index is 0.107. The number of likely N-dealkylation sites (tertiary alicyclic amines) is 1. The van der Waals surface area contributed by atoms with Gasteiger partial charge in [-0.05, 0) is 18.2 Å². The van der Waals surface area contributed by atoms with Gasteiger partial charge in [0.2, 0.25) is 5.91 Å². The van der Waals surface area contributed by atoms with Crippen LogP contribution in [0, 0.1) is 0 Å². The molecule has 1 aliphatic heterocycles. The Morgan fingerprint density at radius 1 is 1.23 bits per heavy atom. The van der Waals surface area contributed by atoms with E-state index in [2.05, 4.69) is 10.6 Å². The van der Waals surface area contributed by atoms with E-state index in [0.29, 0.717) is 6.07 Å². The molecule has 11 heteroatoms. The number of nitrogens with one attached hydrogen (secondary N) is 2. The van der Waals surface area contributed by atoms with Gasteiger partial charge >= 0.3 is 12.3 Å². The van der Waals surface area contributed by atoms with Crippen LogP contribution in [0.15, 0.2) is 24.3 Å². The van der Waals surface area contributed by atoms with Gasteiger partial charge in [0, 0.05) is 12.1 Å². The number of halogens is 3. The molecule has 142 valence electrons. The third-order valence-electron chi connectivity index (χ3n) is 3.77. The zero-order chi connectivity index (χ0) is 19.5. The first-order valence-electron chi connectivity index (χ1n) is 7.48.